The van der Waals surface area contributed by atoms with Gasteiger partial charge in [-0.1, -0.05) is 23.7 Å². The minimum Gasteiger partial charge on any atom is -0.406 e. The third-order valence-corrected chi connectivity index (χ3v) is 2.19. The van der Waals surface area contributed by atoms with Gasteiger partial charge in [-0.3, -0.25) is 10.2 Å². The van der Waals surface area contributed by atoms with E-state index in [0.717, 1.165) is 12.1 Å². The molecule has 0 aliphatic heterocycles. The van der Waals surface area contributed by atoms with E-state index in [2.05, 4.69) is 20.0 Å². The van der Waals surface area contributed by atoms with Crippen molar-refractivity contribution in [3.8, 4) is 5.75 Å². The molecule has 0 unspecified atom stereocenters. The number of rotatable bonds is 4. The van der Waals surface area contributed by atoms with Crippen LogP contribution in [0.25, 0.3) is 0 Å². The Bertz CT molecular complexity index is 489. The smallest absolute Gasteiger partial charge is 0.406 e. The first kappa shape index (κ1) is 16.1. The maximum Gasteiger partial charge on any atom is 0.573 e. The van der Waals surface area contributed by atoms with Gasteiger partial charge in [-0.25, -0.2) is 4.79 Å². The fourth-order valence-electron chi connectivity index (χ4n) is 1.04. The zero-order valence-corrected chi connectivity index (χ0v) is 11.0. The van der Waals surface area contributed by atoms with Crippen LogP contribution in [0.15, 0.2) is 29.4 Å². The quantitative estimate of drug-likeness (QED) is 0.517. The first-order chi connectivity index (χ1) is 9.30. The van der Waals surface area contributed by atoms with Crippen molar-refractivity contribution in [3.05, 3.63) is 24.3 Å². The van der Waals surface area contributed by atoms with Crippen LogP contribution in [0.2, 0.25) is 0 Å². The standard InChI is InChI=1S/C11H10ClF3N2O3/c1-2-9(12)17-20-10(18)16-7-3-5-8(6-4-7)19-11(13,14)15/h3-6H,2H2,1H3,(H,16,18)/b17-9-. The normalized spacial score (nSPS) is 11.9. The van der Waals surface area contributed by atoms with E-state index < -0.39 is 18.2 Å². The molecule has 1 N–H and O–H groups in total. The molecule has 0 atom stereocenters. The van der Waals surface area contributed by atoms with Crippen molar-refractivity contribution < 1.29 is 27.5 Å². The lowest BCUT2D eigenvalue weighted by Crippen LogP contribution is -2.17. The molecule has 0 heterocycles. The van der Waals surface area contributed by atoms with Crippen LogP contribution in [-0.4, -0.2) is 17.6 Å². The number of hydrogen-bond donors (Lipinski definition) is 1. The van der Waals surface area contributed by atoms with E-state index in [0.29, 0.717) is 6.42 Å². The fraction of sp³-hybridized carbons (Fsp3) is 0.273. The molecule has 0 spiro atoms. The van der Waals surface area contributed by atoms with Crippen LogP contribution in [-0.2, 0) is 4.84 Å². The summed E-state index contributed by atoms with van der Waals surface area (Å²) in [4.78, 5) is 15.6. The second-order valence-electron chi connectivity index (χ2n) is 3.40. The highest BCUT2D eigenvalue weighted by molar-refractivity contribution is 6.65. The van der Waals surface area contributed by atoms with Crippen LogP contribution in [0.3, 0.4) is 0 Å². The molecule has 0 aromatic heterocycles. The van der Waals surface area contributed by atoms with Crippen molar-refractivity contribution >= 4 is 28.6 Å². The van der Waals surface area contributed by atoms with Gasteiger partial charge in [0, 0.05) is 12.1 Å². The van der Waals surface area contributed by atoms with Gasteiger partial charge in [-0.15, -0.1) is 13.2 Å². The van der Waals surface area contributed by atoms with Gasteiger partial charge in [0.2, 0.25) is 0 Å². The van der Waals surface area contributed by atoms with Crippen molar-refractivity contribution in [2.75, 3.05) is 5.32 Å². The predicted octanol–water partition coefficient (Wildman–Crippen LogP) is 4.10. The van der Waals surface area contributed by atoms with Crippen molar-refractivity contribution in [2.45, 2.75) is 19.7 Å². The Balaban J connectivity index is 2.55. The molecular formula is C11H10ClF3N2O3. The molecule has 110 valence electrons. The Morgan fingerprint density at radius 1 is 1.35 bits per heavy atom. The molecule has 5 nitrogen and oxygen atoms in total. The molecule has 0 bridgehead atoms. The Morgan fingerprint density at radius 3 is 2.45 bits per heavy atom. The molecule has 0 aliphatic carbocycles. The molecule has 0 fully saturated rings. The van der Waals surface area contributed by atoms with Gasteiger partial charge in [0.15, 0.2) is 0 Å². The molecule has 9 heteroatoms. The van der Waals surface area contributed by atoms with Gasteiger partial charge in [0.05, 0.1) is 0 Å². The molecule has 1 aromatic carbocycles. The van der Waals surface area contributed by atoms with E-state index in [-0.39, 0.29) is 10.9 Å². The Hall–Kier alpha value is -1.96. The lowest BCUT2D eigenvalue weighted by Gasteiger charge is -2.09. The monoisotopic (exact) mass is 310 g/mol. The summed E-state index contributed by atoms with van der Waals surface area (Å²) in [6, 6.07) is 4.53. The first-order valence-corrected chi connectivity index (χ1v) is 5.74. The third kappa shape index (κ3) is 6.28. The number of hydrogen-bond acceptors (Lipinski definition) is 4. The lowest BCUT2D eigenvalue weighted by molar-refractivity contribution is -0.274. The molecule has 0 radical (unpaired) electrons. The summed E-state index contributed by atoms with van der Waals surface area (Å²) < 4.78 is 39.4. The van der Waals surface area contributed by atoms with Crippen molar-refractivity contribution in [2.24, 2.45) is 5.16 Å². The summed E-state index contributed by atoms with van der Waals surface area (Å²) in [6.07, 6.45) is -5.28. The van der Waals surface area contributed by atoms with Crippen LogP contribution < -0.4 is 10.1 Å². The Labute approximate surface area is 117 Å². The molecule has 20 heavy (non-hydrogen) atoms. The molecule has 1 aromatic rings. The first-order valence-electron chi connectivity index (χ1n) is 5.36. The van der Waals surface area contributed by atoms with E-state index in [1.165, 1.54) is 12.1 Å². The van der Waals surface area contributed by atoms with Gasteiger partial charge in [0.1, 0.15) is 10.9 Å². The van der Waals surface area contributed by atoms with Gasteiger partial charge in [-0.05, 0) is 24.3 Å². The predicted molar refractivity (Wildman–Crippen MR) is 66.8 cm³/mol. The summed E-state index contributed by atoms with van der Waals surface area (Å²) in [5.74, 6) is -0.400. The summed E-state index contributed by atoms with van der Waals surface area (Å²) in [5.41, 5.74) is 0.215. The van der Waals surface area contributed by atoms with Crippen LogP contribution >= 0.6 is 11.6 Å². The van der Waals surface area contributed by atoms with Crippen LogP contribution in [0.5, 0.6) is 5.75 Å². The largest absolute Gasteiger partial charge is 0.573 e. The maximum atomic E-state index is 11.9. The van der Waals surface area contributed by atoms with E-state index in [4.69, 9.17) is 11.6 Å². The van der Waals surface area contributed by atoms with Gasteiger partial charge in [-0.2, -0.15) is 0 Å². The minimum atomic E-state index is -4.76. The van der Waals surface area contributed by atoms with Crippen molar-refractivity contribution in [1.82, 2.24) is 0 Å². The molecular weight excluding hydrogens is 301 g/mol. The number of halogens is 4. The number of carbonyl (C=O) groups excluding carboxylic acids is 1. The average molecular weight is 311 g/mol. The number of nitrogens with one attached hydrogen (secondary N) is 1. The van der Waals surface area contributed by atoms with Gasteiger partial charge >= 0.3 is 12.5 Å². The highest BCUT2D eigenvalue weighted by atomic mass is 35.5. The molecule has 1 amide bonds. The average Bonchev–Trinajstić information content (AvgIpc) is 2.36. The molecule has 0 saturated carbocycles. The van der Waals surface area contributed by atoms with E-state index in [1.807, 2.05) is 0 Å². The van der Waals surface area contributed by atoms with Crippen LogP contribution in [0.4, 0.5) is 23.7 Å². The summed E-state index contributed by atoms with van der Waals surface area (Å²) in [6.45, 7) is 1.71. The number of carbonyl (C=O) groups is 1. The van der Waals surface area contributed by atoms with E-state index >= 15 is 0 Å². The number of ether oxygens (including phenoxy) is 1. The van der Waals surface area contributed by atoms with E-state index in [1.54, 1.807) is 6.92 Å². The highest BCUT2D eigenvalue weighted by Gasteiger charge is 2.30. The van der Waals surface area contributed by atoms with Crippen molar-refractivity contribution in [1.29, 1.82) is 0 Å². The Kier molecular flexibility index (Phi) is 5.63. The van der Waals surface area contributed by atoms with Crippen LogP contribution in [0.1, 0.15) is 13.3 Å². The summed E-state index contributed by atoms with van der Waals surface area (Å²) in [7, 11) is 0. The Morgan fingerprint density at radius 2 is 1.95 bits per heavy atom. The number of anilines is 1. The zero-order valence-electron chi connectivity index (χ0n) is 10.2. The number of oxime groups is 1. The number of benzene rings is 1. The molecule has 0 saturated heterocycles. The van der Waals surface area contributed by atoms with Crippen molar-refractivity contribution in [3.63, 3.8) is 0 Å². The topological polar surface area (TPSA) is 59.9 Å². The summed E-state index contributed by atoms with van der Waals surface area (Å²) in [5, 5.41) is 5.65. The second-order valence-corrected chi connectivity index (χ2v) is 3.83. The zero-order chi connectivity index (χ0) is 15.2. The van der Waals surface area contributed by atoms with Gasteiger partial charge < -0.3 is 4.74 Å². The number of nitrogens with zero attached hydrogens (tertiary/aromatic N) is 1. The maximum absolute atomic E-state index is 11.9. The number of amides is 1. The molecule has 1 rings (SSSR count). The number of alkyl halides is 3. The highest BCUT2D eigenvalue weighted by Crippen LogP contribution is 2.23. The second kappa shape index (κ2) is 6.99. The van der Waals surface area contributed by atoms with Crippen LogP contribution in [0, 0.1) is 0 Å². The lowest BCUT2D eigenvalue weighted by atomic mass is 10.3. The van der Waals surface area contributed by atoms with Gasteiger partial charge in [0.25, 0.3) is 0 Å². The fourth-order valence-corrected chi connectivity index (χ4v) is 1.07. The minimum absolute atomic E-state index is 0.106. The van der Waals surface area contributed by atoms with E-state index in [9.17, 15) is 18.0 Å². The summed E-state index contributed by atoms with van der Waals surface area (Å²) >= 11 is 5.52. The third-order valence-electron chi connectivity index (χ3n) is 1.85. The molecule has 0 aliphatic rings. The SMILES string of the molecule is CC/C(Cl)=N/OC(=O)Nc1ccc(OC(F)(F)F)cc1.